The van der Waals surface area contributed by atoms with E-state index in [1.165, 1.54) is 0 Å². The van der Waals surface area contributed by atoms with E-state index in [4.69, 9.17) is 16.9 Å². The second kappa shape index (κ2) is 5.29. The Hall–Kier alpha value is -0.650. The van der Waals surface area contributed by atoms with E-state index in [-0.39, 0.29) is 0 Å². The number of nitriles is 1. The molecule has 0 radical (unpaired) electrons. The Morgan fingerprint density at radius 3 is 2.71 bits per heavy atom. The normalized spacial score (nSPS) is 10.2. The van der Waals surface area contributed by atoms with Gasteiger partial charge in [0.2, 0.25) is 0 Å². The fraction of sp³-hybridized carbons (Fsp3) is 0.364. The fourth-order valence-electron chi connectivity index (χ4n) is 0.944. The molecule has 0 aliphatic carbocycles. The molecule has 0 unspecified atom stereocenters. The van der Waals surface area contributed by atoms with E-state index in [1.807, 2.05) is 6.07 Å². The maximum absolute atomic E-state index is 8.66. The Kier molecular flexibility index (Phi) is 4.31. The SMILES string of the molecule is CC(C)CSc1ccc(C#N)cc1Cl. The van der Waals surface area contributed by atoms with E-state index in [0.29, 0.717) is 16.5 Å². The largest absolute Gasteiger partial charge is 0.192 e. The van der Waals surface area contributed by atoms with Gasteiger partial charge in [0.05, 0.1) is 16.7 Å². The first kappa shape index (κ1) is 11.4. The highest BCUT2D eigenvalue weighted by molar-refractivity contribution is 7.99. The van der Waals surface area contributed by atoms with Gasteiger partial charge >= 0.3 is 0 Å². The Balaban J connectivity index is 2.75. The van der Waals surface area contributed by atoms with Crippen molar-refractivity contribution in [3.8, 4) is 6.07 Å². The van der Waals surface area contributed by atoms with Crippen molar-refractivity contribution in [1.29, 1.82) is 5.26 Å². The third-order valence-electron chi connectivity index (χ3n) is 1.63. The van der Waals surface area contributed by atoms with Crippen molar-refractivity contribution in [1.82, 2.24) is 0 Å². The summed E-state index contributed by atoms with van der Waals surface area (Å²) >= 11 is 7.75. The molecule has 14 heavy (non-hydrogen) atoms. The van der Waals surface area contributed by atoms with Crippen molar-refractivity contribution in [3.05, 3.63) is 28.8 Å². The quantitative estimate of drug-likeness (QED) is 0.728. The predicted octanol–water partition coefficient (Wildman–Crippen LogP) is 3.96. The minimum atomic E-state index is 0.615. The Morgan fingerprint density at radius 1 is 1.50 bits per heavy atom. The van der Waals surface area contributed by atoms with Crippen LogP contribution in [0.5, 0.6) is 0 Å². The molecule has 1 rings (SSSR count). The van der Waals surface area contributed by atoms with Gasteiger partial charge in [-0.15, -0.1) is 11.8 Å². The molecule has 0 aliphatic heterocycles. The summed E-state index contributed by atoms with van der Waals surface area (Å²) in [5, 5.41) is 9.33. The van der Waals surface area contributed by atoms with Crippen LogP contribution in [0, 0.1) is 17.2 Å². The fourth-order valence-corrected chi connectivity index (χ4v) is 2.16. The Labute approximate surface area is 94.1 Å². The number of thioether (sulfide) groups is 1. The second-order valence-electron chi connectivity index (χ2n) is 3.46. The highest BCUT2D eigenvalue weighted by Gasteiger charge is 2.03. The van der Waals surface area contributed by atoms with Crippen molar-refractivity contribution < 1.29 is 0 Å². The molecule has 0 saturated carbocycles. The standard InChI is InChI=1S/C11H12ClNS/c1-8(2)7-14-11-4-3-9(6-13)5-10(11)12/h3-5,8H,7H2,1-2H3. The van der Waals surface area contributed by atoms with Crippen LogP contribution in [0.2, 0.25) is 5.02 Å². The number of hydrogen-bond acceptors (Lipinski definition) is 2. The van der Waals surface area contributed by atoms with E-state index in [2.05, 4.69) is 19.9 Å². The molecule has 0 spiro atoms. The van der Waals surface area contributed by atoms with Crippen LogP contribution in [0.15, 0.2) is 23.1 Å². The zero-order chi connectivity index (χ0) is 10.6. The number of benzene rings is 1. The molecule has 0 N–H and O–H groups in total. The van der Waals surface area contributed by atoms with Crippen LogP contribution in [0.3, 0.4) is 0 Å². The molecule has 0 fully saturated rings. The molecule has 3 heteroatoms. The summed E-state index contributed by atoms with van der Waals surface area (Å²) in [6, 6.07) is 7.49. The first-order valence-electron chi connectivity index (χ1n) is 4.46. The molecule has 0 atom stereocenters. The van der Waals surface area contributed by atoms with E-state index in [1.54, 1.807) is 23.9 Å². The summed E-state index contributed by atoms with van der Waals surface area (Å²) in [6.07, 6.45) is 0. The minimum absolute atomic E-state index is 0.615. The minimum Gasteiger partial charge on any atom is -0.192 e. The third kappa shape index (κ3) is 3.25. The van der Waals surface area contributed by atoms with Gasteiger partial charge in [-0.3, -0.25) is 0 Å². The first-order valence-corrected chi connectivity index (χ1v) is 5.82. The zero-order valence-corrected chi connectivity index (χ0v) is 9.82. The molecule has 0 bridgehead atoms. The third-order valence-corrected chi connectivity index (χ3v) is 3.56. The van der Waals surface area contributed by atoms with E-state index < -0.39 is 0 Å². The smallest absolute Gasteiger partial charge is 0.0992 e. The molecule has 0 heterocycles. The molecule has 0 aromatic heterocycles. The van der Waals surface area contributed by atoms with Gasteiger partial charge in [-0.05, 0) is 24.1 Å². The maximum Gasteiger partial charge on any atom is 0.0992 e. The number of halogens is 1. The summed E-state index contributed by atoms with van der Waals surface area (Å²) in [6.45, 7) is 4.34. The number of hydrogen-bond donors (Lipinski definition) is 0. The lowest BCUT2D eigenvalue weighted by molar-refractivity contribution is 0.750. The van der Waals surface area contributed by atoms with Crippen molar-refractivity contribution in [3.63, 3.8) is 0 Å². The summed E-state index contributed by atoms with van der Waals surface area (Å²) < 4.78 is 0. The summed E-state index contributed by atoms with van der Waals surface area (Å²) in [7, 11) is 0. The van der Waals surface area contributed by atoms with Gasteiger partial charge in [-0.25, -0.2) is 0 Å². The molecular formula is C11H12ClNS. The number of rotatable bonds is 3. The number of nitrogens with zero attached hydrogens (tertiary/aromatic N) is 1. The second-order valence-corrected chi connectivity index (χ2v) is 4.93. The van der Waals surface area contributed by atoms with Gasteiger partial charge in [-0.2, -0.15) is 5.26 Å². The molecule has 1 nitrogen and oxygen atoms in total. The van der Waals surface area contributed by atoms with Crippen LogP contribution in [-0.4, -0.2) is 5.75 Å². The highest BCUT2D eigenvalue weighted by atomic mass is 35.5. The van der Waals surface area contributed by atoms with Crippen LogP contribution < -0.4 is 0 Å². The Bertz CT molecular complexity index is 355. The summed E-state index contributed by atoms with van der Waals surface area (Å²) in [5.74, 6) is 1.69. The van der Waals surface area contributed by atoms with E-state index >= 15 is 0 Å². The Morgan fingerprint density at radius 2 is 2.21 bits per heavy atom. The van der Waals surface area contributed by atoms with Crippen molar-refractivity contribution in [2.24, 2.45) is 5.92 Å². The van der Waals surface area contributed by atoms with Gasteiger partial charge in [0, 0.05) is 10.6 Å². The van der Waals surface area contributed by atoms with Crippen molar-refractivity contribution in [2.75, 3.05) is 5.75 Å². The average Bonchev–Trinajstić information content (AvgIpc) is 2.15. The summed E-state index contributed by atoms with van der Waals surface area (Å²) in [4.78, 5) is 1.05. The van der Waals surface area contributed by atoms with Gasteiger partial charge in [-0.1, -0.05) is 25.4 Å². The molecular weight excluding hydrogens is 214 g/mol. The van der Waals surface area contributed by atoms with Crippen LogP contribution in [-0.2, 0) is 0 Å². The maximum atomic E-state index is 8.66. The average molecular weight is 226 g/mol. The summed E-state index contributed by atoms with van der Waals surface area (Å²) in [5.41, 5.74) is 0.615. The van der Waals surface area contributed by atoms with Crippen LogP contribution in [0.25, 0.3) is 0 Å². The van der Waals surface area contributed by atoms with Crippen LogP contribution in [0.1, 0.15) is 19.4 Å². The van der Waals surface area contributed by atoms with Crippen molar-refractivity contribution in [2.45, 2.75) is 18.7 Å². The molecule has 74 valence electrons. The monoisotopic (exact) mass is 225 g/mol. The van der Waals surface area contributed by atoms with Crippen LogP contribution in [0.4, 0.5) is 0 Å². The molecule has 0 aliphatic rings. The van der Waals surface area contributed by atoms with E-state index in [0.717, 1.165) is 10.6 Å². The van der Waals surface area contributed by atoms with Gasteiger partial charge in [0.1, 0.15) is 0 Å². The predicted molar refractivity (Wildman–Crippen MR) is 61.7 cm³/mol. The van der Waals surface area contributed by atoms with Gasteiger partial charge < -0.3 is 0 Å². The van der Waals surface area contributed by atoms with Crippen molar-refractivity contribution >= 4 is 23.4 Å². The molecule has 1 aromatic rings. The highest BCUT2D eigenvalue weighted by Crippen LogP contribution is 2.29. The lowest BCUT2D eigenvalue weighted by Crippen LogP contribution is -1.90. The van der Waals surface area contributed by atoms with Gasteiger partial charge in [0.15, 0.2) is 0 Å². The molecule has 1 aromatic carbocycles. The molecule has 0 amide bonds. The zero-order valence-electron chi connectivity index (χ0n) is 8.25. The lowest BCUT2D eigenvalue weighted by atomic mass is 10.2. The first-order chi connectivity index (χ1) is 6.63. The molecule has 0 saturated heterocycles. The van der Waals surface area contributed by atoms with Gasteiger partial charge in [0.25, 0.3) is 0 Å². The van der Waals surface area contributed by atoms with E-state index in [9.17, 15) is 0 Å². The van der Waals surface area contributed by atoms with Crippen LogP contribution >= 0.6 is 23.4 Å². The topological polar surface area (TPSA) is 23.8 Å². The lowest BCUT2D eigenvalue weighted by Gasteiger charge is -2.06.